The van der Waals surface area contributed by atoms with Gasteiger partial charge >= 0.3 is 7.60 Å². The summed E-state index contributed by atoms with van der Waals surface area (Å²) in [6.07, 6.45) is 5.13. The van der Waals surface area contributed by atoms with E-state index in [0.29, 0.717) is 16.5 Å². The van der Waals surface area contributed by atoms with Crippen molar-refractivity contribution < 1.29 is 23.6 Å². The lowest BCUT2D eigenvalue weighted by Crippen LogP contribution is -2.12. The molecular formula is C20H16N3O5PS. The highest BCUT2D eigenvalue weighted by molar-refractivity contribution is 7.59. The molecule has 10 heteroatoms. The second-order valence-corrected chi connectivity index (χ2v) is 9.61. The van der Waals surface area contributed by atoms with Crippen molar-refractivity contribution in [3.63, 3.8) is 0 Å². The smallest absolute Gasteiger partial charge is 0.391 e. The number of fused-ring (bicyclic) bond motifs is 1. The molecule has 1 aromatic carbocycles. The van der Waals surface area contributed by atoms with Gasteiger partial charge in [0.25, 0.3) is 0 Å². The Bertz CT molecular complexity index is 1320. The van der Waals surface area contributed by atoms with Crippen LogP contribution in [0, 0.1) is 5.92 Å². The Morgan fingerprint density at radius 2 is 1.97 bits per heavy atom. The monoisotopic (exact) mass is 441 g/mol. The summed E-state index contributed by atoms with van der Waals surface area (Å²) in [6, 6.07) is 10.3. The standard InChI is InChI=1S/C20H16N3O5PS/c24-19(11-4-5-11)23-20-22-15-3-1-2-14(18(15)30-20)12-8-13(10-21-9-12)16-6-7-17(28-16)29(25,26)27/h1-3,6-11H,4-5H2,(H,22,23,24)(H2,25,26,27). The van der Waals surface area contributed by atoms with Crippen molar-refractivity contribution in [3.05, 3.63) is 48.8 Å². The Morgan fingerprint density at radius 3 is 2.70 bits per heavy atom. The van der Waals surface area contributed by atoms with Gasteiger partial charge in [0.15, 0.2) is 5.13 Å². The maximum absolute atomic E-state index is 12.1. The third-order valence-electron chi connectivity index (χ3n) is 4.81. The van der Waals surface area contributed by atoms with Gasteiger partial charge in [-0.25, -0.2) is 4.98 Å². The molecule has 3 aromatic heterocycles. The van der Waals surface area contributed by atoms with E-state index >= 15 is 0 Å². The van der Waals surface area contributed by atoms with Gasteiger partial charge in [-0.15, -0.1) is 0 Å². The molecule has 1 aliphatic rings. The number of anilines is 1. The van der Waals surface area contributed by atoms with Gasteiger partial charge in [0.05, 0.1) is 10.2 Å². The normalized spacial score (nSPS) is 14.2. The maximum atomic E-state index is 12.1. The van der Waals surface area contributed by atoms with Gasteiger partial charge in [0, 0.05) is 35.0 Å². The first kappa shape index (κ1) is 19.1. The highest BCUT2D eigenvalue weighted by Crippen LogP contribution is 2.38. The Balaban J connectivity index is 1.51. The van der Waals surface area contributed by atoms with E-state index in [0.717, 1.165) is 34.2 Å². The fraction of sp³-hybridized carbons (Fsp3) is 0.150. The molecule has 0 bridgehead atoms. The molecular weight excluding hydrogens is 425 g/mol. The molecule has 0 atom stereocenters. The van der Waals surface area contributed by atoms with Gasteiger partial charge in [-0.2, -0.15) is 0 Å². The lowest BCUT2D eigenvalue weighted by atomic mass is 10.0. The zero-order valence-corrected chi connectivity index (χ0v) is 17.2. The van der Waals surface area contributed by atoms with E-state index in [9.17, 15) is 19.1 Å². The summed E-state index contributed by atoms with van der Waals surface area (Å²) in [5.74, 6) is 0.429. The van der Waals surface area contributed by atoms with E-state index in [-0.39, 0.29) is 17.3 Å². The third-order valence-corrected chi connectivity index (χ3v) is 6.64. The summed E-state index contributed by atoms with van der Waals surface area (Å²) in [4.78, 5) is 39.4. The van der Waals surface area contributed by atoms with Crippen LogP contribution in [0.25, 0.3) is 32.7 Å². The van der Waals surface area contributed by atoms with Gasteiger partial charge in [0.2, 0.25) is 11.4 Å². The number of rotatable bonds is 5. The number of nitrogens with zero attached hydrogens (tertiary/aromatic N) is 2. The van der Waals surface area contributed by atoms with Crippen molar-refractivity contribution in [2.24, 2.45) is 5.92 Å². The van der Waals surface area contributed by atoms with Crippen LogP contribution in [0.2, 0.25) is 0 Å². The summed E-state index contributed by atoms with van der Waals surface area (Å²) < 4.78 is 17.6. The third kappa shape index (κ3) is 3.68. The molecule has 1 amide bonds. The predicted octanol–water partition coefficient (Wildman–Crippen LogP) is 3.77. The first-order valence-electron chi connectivity index (χ1n) is 9.20. The predicted molar refractivity (Wildman–Crippen MR) is 114 cm³/mol. The topological polar surface area (TPSA) is 126 Å². The minimum atomic E-state index is -4.46. The van der Waals surface area contributed by atoms with E-state index < -0.39 is 7.60 Å². The van der Waals surface area contributed by atoms with E-state index in [1.54, 1.807) is 12.4 Å². The minimum absolute atomic E-state index is 0.0120. The van der Waals surface area contributed by atoms with Gasteiger partial charge in [-0.1, -0.05) is 23.5 Å². The number of thiazole rings is 1. The first-order chi connectivity index (χ1) is 14.4. The first-order valence-corrected chi connectivity index (χ1v) is 11.6. The van der Waals surface area contributed by atoms with Crippen LogP contribution >= 0.6 is 18.9 Å². The SMILES string of the molecule is O=C(Nc1nc2cccc(-c3cncc(-c4ccc(P(=O)(O)O)o4)c3)c2s1)C1CC1. The zero-order valence-electron chi connectivity index (χ0n) is 15.5. The summed E-state index contributed by atoms with van der Waals surface area (Å²) in [5, 5.41) is 3.46. The van der Waals surface area contributed by atoms with Gasteiger partial charge in [0.1, 0.15) is 5.76 Å². The van der Waals surface area contributed by atoms with Gasteiger partial charge in [-0.3, -0.25) is 14.3 Å². The average molecular weight is 441 g/mol. The number of hydrogen-bond acceptors (Lipinski definition) is 6. The lowest BCUT2D eigenvalue weighted by Gasteiger charge is -2.05. The van der Waals surface area contributed by atoms with Crippen LogP contribution in [0.1, 0.15) is 12.8 Å². The van der Waals surface area contributed by atoms with Crippen LogP contribution in [-0.2, 0) is 9.36 Å². The number of furan rings is 1. The van der Waals surface area contributed by atoms with Crippen LogP contribution in [0.3, 0.4) is 0 Å². The Hall–Kier alpha value is -2.84. The zero-order chi connectivity index (χ0) is 20.9. The van der Waals surface area contributed by atoms with Crippen molar-refractivity contribution in [1.29, 1.82) is 0 Å². The van der Waals surface area contributed by atoms with Gasteiger partial charge < -0.3 is 19.5 Å². The van der Waals surface area contributed by atoms with Gasteiger partial charge in [-0.05, 0) is 37.1 Å². The average Bonchev–Trinajstić information content (AvgIpc) is 3.29. The van der Waals surface area contributed by atoms with E-state index in [4.69, 9.17) is 4.42 Å². The molecule has 152 valence electrons. The summed E-state index contributed by atoms with van der Waals surface area (Å²) >= 11 is 1.40. The van der Waals surface area contributed by atoms with Crippen LogP contribution in [-0.4, -0.2) is 25.7 Å². The molecule has 5 rings (SSSR count). The number of benzene rings is 1. The number of nitrogens with one attached hydrogen (secondary N) is 1. The minimum Gasteiger partial charge on any atom is -0.448 e. The number of carbonyl (C=O) groups excluding carboxylic acids is 1. The Labute approximate surface area is 174 Å². The molecule has 0 spiro atoms. The van der Waals surface area contributed by atoms with E-state index in [2.05, 4.69) is 15.3 Å². The molecule has 4 aromatic rings. The molecule has 3 N–H and O–H groups in total. The van der Waals surface area contributed by atoms with Crippen molar-refractivity contribution >= 4 is 45.7 Å². The molecule has 0 aliphatic heterocycles. The molecule has 0 radical (unpaired) electrons. The van der Waals surface area contributed by atoms with Crippen LogP contribution in [0.5, 0.6) is 0 Å². The number of aromatic nitrogens is 2. The van der Waals surface area contributed by atoms with Crippen molar-refractivity contribution in [3.8, 4) is 22.5 Å². The molecule has 30 heavy (non-hydrogen) atoms. The lowest BCUT2D eigenvalue weighted by molar-refractivity contribution is -0.117. The molecule has 0 saturated heterocycles. The maximum Gasteiger partial charge on any atom is 0.391 e. The fourth-order valence-electron chi connectivity index (χ4n) is 3.14. The van der Waals surface area contributed by atoms with Crippen molar-refractivity contribution in [2.75, 3.05) is 5.32 Å². The van der Waals surface area contributed by atoms with Crippen molar-refractivity contribution in [1.82, 2.24) is 9.97 Å². The molecule has 0 unspecified atom stereocenters. The molecule has 8 nitrogen and oxygen atoms in total. The Morgan fingerprint density at radius 1 is 1.17 bits per heavy atom. The molecule has 3 heterocycles. The largest absolute Gasteiger partial charge is 0.448 e. The van der Waals surface area contributed by atoms with Crippen LogP contribution in [0.4, 0.5) is 5.13 Å². The second kappa shape index (κ2) is 7.14. The second-order valence-electron chi connectivity index (χ2n) is 7.08. The fourth-order valence-corrected chi connectivity index (χ4v) is 4.63. The van der Waals surface area contributed by atoms with Crippen molar-refractivity contribution in [2.45, 2.75) is 12.8 Å². The molecule has 1 fully saturated rings. The number of hydrogen-bond donors (Lipinski definition) is 3. The highest BCUT2D eigenvalue weighted by Gasteiger charge is 2.30. The number of pyridine rings is 1. The van der Waals surface area contributed by atoms with Crippen LogP contribution in [0.15, 0.2) is 53.2 Å². The summed E-state index contributed by atoms with van der Waals surface area (Å²) in [7, 11) is -4.46. The Kier molecular flexibility index (Phi) is 4.56. The quantitative estimate of drug-likeness (QED) is 0.403. The summed E-state index contributed by atoms with van der Waals surface area (Å²) in [5.41, 5.74) is 2.68. The van der Waals surface area contributed by atoms with E-state index in [1.165, 1.54) is 23.5 Å². The summed E-state index contributed by atoms with van der Waals surface area (Å²) in [6.45, 7) is 0. The number of carbonyl (C=O) groups is 1. The number of amides is 1. The molecule has 1 aliphatic carbocycles. The highest BCUT2D eigenvalue weighted by atomic mass is 32.1. The molecule has 1 saturated carbocycles. The van der Waals surface area contributed by atoms with E-state index in [1.807, 2.05) is 24.3 Å². The van der Waals surface area contributed by atoms with Crippen LogP contribution < -0.4 is 10.8 Å².